The molecule has 1 aliphatic carbocycles. The van der Waals surface area contributed by atoms with E-state index >= 15 is 0 Å². The second kappa shape index (κ2) is 13.1. The number of carbonyl (C=O) groups excluding carboxylic acids is 2. The minimum Gasteiger partial charge on any atom is -0.491 e. The fraction of sp³-hybridized carbons (Fsp3) is 0.568. The number of amides is 2. The number of ether oxygens (including phenoxy) is 1. The third-order valence-corrected chi connectivity index (χ3v) is 9.54. The second-order valence-electron chi connectivity index (χ2n) is 15.7. The Morgan fingerprint density at radius 3 is 2.17 bits per heavy atom. The van der Waals surface area contributed by atoms with Gasteiger partial charge in [-0.05, 0) is 111 Å². The minimum atomic E-state index is -0.607. The summed E-state index contributed by atoms with van der Waals surface area (Å²) in [6.45, 7) is 18.0. The van der Waals surface area contributed by atoms with Crippen molar-refractivity contribution < 1.29 is 14.3 Å². The predicted molar refractivity (Wildman–Crippen MR) is 182 cm³/mol. The Bertz CT molecular complexity index is 1500. The number of aromatic nitrogens is 3. The van der Waals surface area contributed by atoms with Gasteiger partial charge in [0.2, 0.25) is 0 Å². The van der Waals surface area contributed by atoms with Crippen LogP contribution in [0.25, 0.3) is 0 Å². The summed E-state index contributed by atoms with van der Waals surface area (Å²) in [5.41, 5.74) is 2.63. The molecule has 9 heteroatoms. The van der Waals surface area contributed by atoms with Gasteiger partial charge in [-0.2, -0.15) is 0 Å². The molecule has 1 aromatic heterocycles. The summed E-state index contributed by atoms with van der Waals surface area (Å²) in [4.78, 5) is 35.1. The van der Waals surface area contributed by atoms with Crippen molar-refractivity contribution in [3.05, 3.63) is 71.0 Å². The van der Waals surface area contributed by atoms with Crippen LogP contribution < -0.4 is 10.1 Å². The largest absolute Gasteiger partial charge is 0.491 e. The normalized spacial score (nSPS) is 21.2. The lowest BCUT2D eigenvalue weighted by Crippen LogP contribution is -2.51. The van der Waals surface area contributed by atoms with E-state index in [0.29, 0.717) is 29.6 Å². The van der Waals surface area contributed by atoms with Gasteiger partial charge in [0.05, 0.1) is 18.7 Å². The van der Waals surface area contributed by atoms with Gasteiger partial charge in [0, 0.05) is 11.1 Å². The van der Waals surface area contributed by atoms with Crippen LogP contribution in [0.15, 0.2) is 53.5 Å². The van der Waals surface area contributed by atoms with Crippen molar-refractivity contribution in [2.24, 2.45) is 21.7 Å². The van der Waals surface area contributed by atoms with E-state index in [9.17, 15) is 9.59 Å². The first-order valence-corrected chi connectivity index (χ1v) is 16.8. The van der Waals surface area contributed by atoms with Gasteiger partial charge < -0.3 is 15.0 Å². The fourth-order valence-corrected chi connectivity index (χ4v) is 6.85. The molecule has 0 unspecified atom stereocenters. The molecule has 1 fully saturated rings. The summed E-state index contributed by atoms with van der Waals surface area (Å²) in [5.74, 6) is 1.85. The van der Waals surface area contributed by atoms with Gasteiger partial charge in [-0.25, -0.2) is 5.21 Å². The lowest BCUT2D eigenvalue weighted by Gasteiger charge is -2.47. The molecule has 1 aliphatic heterocycles. The quantitative estimate of drug-likeness (QED) is 0.215. The molecule has 9 nitrogen and oxygen atoms in total. The molecule has 3 N–H and O–H groups in total. The molecule has 248 valence electrons. The van der Waals surface area contributed by atoms with Gasteiger partial charge in [0.25, 0.3) is 11.8 Å². The third kappa shape index (κ3) is 7.56. The first-order chi connectivity index (χ1) is 21.6. The Morgan fingerprint density at radius 1 is 1.02 bits per heavy atom. The summed E-state index contributed by atoms with van der Waals surface area (Å²) in [7, 11) is 0. The van der Waals surface area contributed by atoms with Gasteiger partial charge in [0.1, 0.15) is 17.1 Å². The smallest absolute Gasteiger partial charge is 0.275 e. The Balaban J connectivity index is 1.49. The average molecular weight is 629 g/mol. The van der Waals surface area contributed by atoms with Crippen LogP contribution in [0.3, 0.4) is 0 Å². The maximum atomic E-state index is 14.7. The number of aliphatic imine (C=N–C) groups is 1. The molecule has 3 aromatic rings. The van der Waals surface area contributed by atoms with Crippen molar-refractivity contribution in [3.8, 4) is 5.75 Å². The molecular weight excluding hydrogens is 576 g/mol. The molecule has 1 spiro atoms. The topological polar surface area (TPSA) is 115 Å². The van der Waals surface area contributed by atoms with E-state index in [1.165, 1.54) is 0 Å². The average Bonchev–Trinajstić information content (AvgIpc) is 3.23. The zero-order chi connectivity index (χ0) is 33.3. The van der Waals surface area contributed by atoms with Crippen LogP contribution in [0, 0.1) is 16.7 Å². The van der Waals surface area contributed by atoms with Crippen molar-refractivity contribution in [1.29, 1.82) is 0 Å². The van der Waals surface area contributed by atoms with Crippen molar-refractivity contribution >= 4 is 17.5 Å². The highest BCUT2D eigenvalue weighted by Gasteiger charge is 2.52. The summed E-state index contributed by atoms with van der Waals surface area (Å²) in [6, 6.07) is 15.4. The molecule has 0 bridgehead atoms. The van der Waals surface area contributed by atoms with Crippen LogP contribution in [0.2, 0.25) is 0 Å². The molecule has 2 amide bonds. The zero-order valence-electron chi connectivity index (χ0n) is 28.9. The predicted octanol–water partition coefficient (Wildman–Crippen LogP) is 7.59. The summed E-state index contributed by atoms with van der Waals surface area (Å²) in [5, 5.41) is 12.3. The number of rotatable bonds is 10. The number of carbonyl (C=O) groups is 2. The van der Waals surface area contributed by atoms with Gasteiger partial charge in [-0.1, -0.05) is 53.7 Å². The van der Waals surface area contributed by atoms with Gasteiger partial charge in [-0.15, -0.1) is 5.10 Å². The lowest BCUT2D eigenvalue weighted by molar-refractivity contribution is -0.134. The molecule has 0 radical (unpaired) electrons. The monoisotopic (exact) mass is 628 g/mol. The van der Waals surface area contributed by atoms with Crippen molar-refractivity contribution in [2.45, 2.75) is 118 Å². The van der Waals surface area contributed by atoms with Crippen LogP contribution in [-0.4, -0.2) is 49.6 Å². The fourth-order valence-electron chi connectivity index (χ4n) is 6.85. The molecule has 2 aliphatic rings. The van der Waals surface area contributed by atoms with E-state index in [2.05, 4.69) is 67.2 Å². The maximum Gasteiger partial charge on any atom is 0.275 e. The number of aromatic amines is 2. The zero-order valence-corrected chi connectivity index (χ0v) is 28.9. The van der Waals surface area contributed by atoms with Gasteiger partial charge in [-0.3, -0.25) is 19.7 Å². The molecular formula is C37H52N6O3. The number of hydrogen-bond donors (Lipinski definition) is 3. The van der Waals surface area contributed by atoms with Crippen LogP contribution in [0.1, 0.15) is 127 Å². The number of nitrogens with one attached hydrogen (secondary N) is 3. The van der Waals surface area contributed by atoms with E-state index < -0.39 is 5.66 Å². The van der Waals surface area contributed by atoms with Crippen molar-refractivity contribution in [3.63, 3.8) is 0 Å². The first kappa shape index (κ1) is 33.5. The van der Waals surface area contributed by atoms with Gasteiger partial charge in [0.15, 0.2) is 5.82 Å². The standard InChI is InChI=1S/C37H52N6O3/c1-24(2)46-29-15-13-26(14-16-29)32-34(45)43(37(39-32)21-17-28(18-22-37)36(6,7)8)30(19-20-35(3,4)5)25-9-11-27(12-10-25)33(44)38-23-31-40-42-41-31/h9-16,24,28,30,42H,17-23H2,1-8H3,(H,38,44)(H,40,41)/t28?,30-,37?/m1/s1. The Labute approximate surface area is 274 Å². The summed E-state index contributed by atoms with van der Waals surface area (Å²) < 4.78 is 5.88. The second-order valence-corrected chi connectivity index (χ2v) is 15.7. The SMILES string of the molecule is CC(C)Oc1ccc(C2=NC3(CCC(C(C)(C)C)CC3)N([C@H](CCC(C)(C)C)c3ccc(C(=O)NCc4n[nH][nH]4)cc3)C2=O)cc1. The third-order valence-electron chi connectivity index (χ3n) is 9.54. The van der Waals surface area contributed by atoms with E-state index in [-0.39, 0.29) is 34.8 Å². The van der Waals surface area contributed by atoms with E-state index in [1.807, 2.05) is 62.4 Å². The lowest BCUT2D eigenvalue weighted by atomic mass is 9.69. The number of nitrogens with zero attached hydrogens (tertiary/aromatic N) is 3. The van der Waals surface area contributed by atoms with Gasteiger partial charge >= 0.3 is 0 Å². The molecule has 5 rings (SSSR count). The molecule has 1 atom stereocenters. The van der Waals surface area contributed by atoms with Crippen molar-refractivity contribution in [2.75, 3.05) is 0 Å². The number of H-pyrrole nitrogens is 2. The van der Waals surface area contributed by atoms with Crippen LogP contribution in [-0.2, 0) is 11.3 Å². The van der Waals surface area contributed by atoms with Crippen LogP contribution >= 0.6 is 0 Å². The summed E-state index contributed by atoms with van der Waals surface area (Å²) in [6.07, 6.45) is 5.51. The number of hydrogen-bond acceptors (Lipinski definition) is 5. The molecule has 1 saturated carbocycles. The van der Waals surface area contributed by atoms with E-state index in [0.717, 1.165) is 55.4 Å². The minimum absolute atomic E-state index is 0.0187. The molecule has 2 heterocycles. The molecule has 46 heavy (non-hydrogen) atoms. The van der Waals surface area contributed by atoms with E-state index in [4.69, 9.17) is 9.73 Å². The highest BCUT2D eigenvalue weighted by molar-refractivity contribution is 6.46. The van der Waals surface area contributed by atoms with E-state index in [1.54, 1.807) is 0 Å². The maximum absolute atomic E-state index is 14.7. The number of benzene rings is 2. The van der Waals surface area contributed by atoms with Crippen molar-refractivity contribution in [1.82, 2.24) is 25.6 Å². The summed E-state index contributed by atoms with van der Waals surface area (Å²) >= 11 is 0. The van der Waals surface area contributed by atoms with Crippen LogP contribution in [0.4, 0.5) is 0 Å². The first-order valence-electron chi connectivity index (χ1n) is 16.8. The Morgan fingerprint density at radius 2 is 1.65 bits per heavy atom. The Hall–Kier alpha value is -3.88. The molecule has 2 aromatic carbocycles. The molecule has 0 saturated heterocycles. The van der Waals surface area contributed by atoms with Crippen LogP contribution in [0.5, 0.6) is 5.75 Å². The highest BCUT2D eigenvalue weighted by atomic mass is 16.5. The Kier molecular flexibility index (Phi) is 9.52. The highest BCUT2D eigenvalue weighted by Crippen LogP contribution is 2.50.